The fraction of sp³-hybridized carbons (Fsp3) is 0.471. The highest BCUT2D eigenvalue weighted by Gasteiger charge is 2.05. The first-order valence-electron chi connectivity index (χ1n) is 14.7. The molecule has 3 aromatic rings. The third-order valence-electron chi connectivity index (χ3n) is 5.71. The van der Waals surface area contributed by atoms with Gasteiger partial charge in [0.15, 0.2) is 0 Å². The van der Waals surface area contributed by atoms with Crippen LogP contribution in [0.15, 0.2) is 48.7 Å². The summed E-state index contributed by atoms with van der Waals surface area (Å²) < 4.78 is 25.6. The van der Waals surface area contributed by atoms with E-state index in [-0.39, 0.29) is 35.0 Å². The SMILES string of the molecule is CC.CC(=O)NCc1cccc(F)c1Cl.CC(C)=O.CCC(C)CCCCC(=O)NC.Cc1cc2cc(F)ccc2cn1. The number of aryl methyl sites for hydroxylation is 1. The first kappa shape index (κ1) is 41.7. The average Bonchev–Trinajstić information content (AvgIpc) is 2.97. The number of nitrogens with zero attached hydrogens (tertiary/aromatic N) is 1. The van der Waals surface area contributed by atoms with E-state index >= 15 is 0 Å². The van der Waals surface area contributed by atoms with E-state index in [1.165, 1.54) is 58.2 Å². The highest BCUT2D eigenvalue weighted by molar-refractivity contribution is 6.31. The number of hydrogen-bond acceptors (Lipinski definition) is 4. The van der Waals surface area contributed by atoms with Crippen LogP contribution in [0.5, 0.6) is 0 Å². The molecule has 0 aliphatic rings. The lowest BCUT2D eigenvalue weighted by Gasteiger charge is -2.06. The summed E-state index contributed by atoms with van der Waals surface area (Å²) in [5.41, 5.74) is 1.49. The number of unbranched alkanes of at least 4 members (excludes halogenated alkanes) is 1. The van der Waals surface area contributed by atoms with Crippen LogP contribution < -0.4 is 10.6 Å². The number of amides is 2. The number of hydrogen-bond donors (Lipinski definition) is 2. The predicted molar refractivity (Wildman–Crippen MR) is 175 cm³/mol. The minimum absolute atomic E-state index is 0.0660. The number of Topliss-reactive ketones (excluding diaryl/α,β-unsaturated/α-hetero) is 1. The molecule has 0 spiro atoms. The van der Waals surface area contributed by atoms with E-state index in [0.29, 0.717) is 12.0 Å². The van der Waals surface area contributed by atoms with Gasteiger partial charge in [-0.3, -0.25) is 14.6 Å². The van der Waals surface area contributed by atoms with Crippen molar-refractivity contribution in [3.8, 4) is 0 Å². The Morgan fingerprint density at radius 2 is 1.60 bits per heavy atom. The van der Waals surface area contributed by atoms with E-state index in [1.54, 1.807) is 31.4 Å². The van der Waals surface area contributed by atoms with E-state index in [0.717, 1.165) is 28.8 Å². The molecule has 1 heterocycles. The van der Waals surface area contributed by atoms with Gasteiger partial charge in [0.05, 0.1) is 5.02 Å². The molecule has 240 valence electrons. The summed E-state index contributed by atoms with van der Waals surface area (Å²) in [4.78, 5) is 34.9. The maximum Gasteiger partial charge on any atom is 0.219 e. The molecule has 2 amide bonds. The zero-order chi connectivity index (χ0) is 33.4. The third-order valence-corrected chi connectivity index (χ3v) is 6.13. The summed E-state index contributed by atoms with van der Waals surface area (Å²) in [6, 6.07) is 11.1. The van der Waals surface area contributed by atoms with E-state index in [2.05, 4.69) is 29.5 Å². The Balaban J connectivity index is 0. The van der Waals surface area contributed by atoms with Gasteiger partial charge in [-0.05, 0) is 74.4 Å². The molecule has 0 aliphatic carbocycles. The lowest BCUT2D eigenvalue weighted by atomic mass is 10.0. The van der Waals surface area contributed by atoms with Crippen LogP contribution in [0.25, 0.3) is 10.8 Å². The highest BCUT2D eigenvalue weighted by atomic mass is 35.5. The topological polar surface area (TPSA) is 88.2 Å². The van der Waals surface area contributed by atoms with Crippen LogP contribution >= 0.6 is 11.6 Å². The first-order chi connectivity index (χ1) is 20.3. The van der Waals surface area contributed by atoms with Gasteiger partial charge in [-0.2, -0.15) is 0 Å². The van der Waals surface area contributed by atoms with Gasteiger partial charge < -0.3 is 15.4 Å². The molecule has 2 aromatic carbocycles. The fourth-order valence-corrected chi connectivity index (χ4v) is 3.43. The molecule has 0 radical (unpaired) electrons. The van der Waals surface area contributed by atoms with Crippen LogP contribution in [0.3, 0.4) is 0 Å². The van der Waals surface area contributed by atoms with Crippen molar-refractivity contribution in [3.63, 3.8) is 0 Å². The van der Waals surface area contributed by atoms with Crippen LogP contribution in [0.2, 0.25) is 5.02 Å². The molecule has 6 nitrogen and oxygen atoms in total. The highest BCUT2D eigenvalue weighted by Crippen LogP contribution is 2.19. The van der Waals surface area contributed by atoms with Crippen molar-refractivity contribution < 1.29 is 23.2 Å². The molecule has 0 saturated heterocycles. The first-order valence-corrected chi connectivity index (χ1v) is 15.0. The normalized spacial score (nSPS) is 10.1. The van der Waals surface area contributed by atoms with Crippen molar-refractivity contribution in [3.05, 3.63) is 76.6 Å². The molecule has 0 saturated carbocycles. The van der Waals surface area contributed by atoms with Crippen molar-refractivity contribution in [2.75, 3.05) is 7.05 Å². The number of halogens is 3. The van der Waals surface area contributed by atoms with Gasteiger partial charge in [-0.15, -0.1) is 0 Å². The van der Waals surface area contributed by atoms with Crippen molar-refractivity contribution in [2.45, 2.75) is 94.0 Å². The number of carbonyl (C=O) groups is 3. The molecule has 1 unspecified atom stereocenters. The van der Waals surface area contributed by atoms with Crippen molar-refractivity contribution >= 4 is 40.0 Å². The molecular formula is C34H50ClF2N3O3. The van der Waals surface area contributed by atoms with Crippen LogP contribution in [0.1, 0.15) is 91.8 Å². The lowest BCUT2D eigenvalue weighted by Crippen LogP contribution is -2.19. The molecule has 3 rings (SSSR count). The third kappa shape index (κ3) is 21.9. The number of fused-ring (bicyclic) bond motifs is 1. The molecule has 1 aromatic heterocycles. The van der Waals surface area contributed by atoms with Gasteiger partial charge in [0.25, 0.3) is 0 Å². The van der Waals surface area contributed by atoms with Crippen LogP contribution in [-0.4, -0.2) is 29.6 Å². The van der Waals surface area contributed by atoms with Crippen LogP contribution in [0, 0.1) is 24.5 Å². The standard InChI is InChI=1S/C10H8FN.C10H21NO.C9H9ClFNO.C3H6O.C2H6/c1-7-4-9-5-10(11)3-2-8(9)6-12-7;1-4-9(2)7-5-6-8-10(12)11-3;1-6(13)12-5-7-3-2-4-8(11)9(7)10;1-3(2)4;1-2/h2-6H,1H3;9H,4-8H2,1-3H3,(H,11,12);2-4H,5H2,1H3,(H,12,13);1-2H3;1-2H3. The summed E-state index contributed by atoms with van der Waals surface area (Å²) in [5, 5.41) is 7.11. The molecular weight excluding hydrogens is 572 g/mol. The largest absolute Gasteiger partial charge is 0.359 e. The number of pyridine rings is 1. The van der Waals surface area contributed by atoms with E-state index in [9.17, 15) is 23.2 Å². The quantitative estimate of drug-likeness (QED) is 0.246. The average molecular weight is 622 g/mol. The minimum Gasteiger partial charge on any atom is -0.359 e. The molecule has 0 fully saturated rings. The Bertz CT molecular complexity index is 1200. The zero-order valence-corrected chi connectivity index (χ0v) is 28.0. The summed E-state index contributed by atoms with van der Waals surface area (Å²) in [6.07, 6.45) is 7.16. The van der Waals surface area contributed by atoms with Gasteiger partial charge in [0.1, 0.15) is 17.4 Å². The van der Waals surface area contributed by atoms with Crippen molar-refractivity contribution in [2.24, 2.45) is 5.92 Å². The summed E-state index contributed by atoms with van der Waals surface area (Å²) in [5.74, 6) is 0.312. The number of ketones is 1. The Morgan fingerprint density at radius 1 is 0.977 bits per heavy atom. The number of aromatic nitrogens is 1. The molecule has 43 heavy (non-hydrogen) atoms. The van der Waals surface area contributed by atoms with E-state index in [4.69, 9.17) is 11.6 Å². The molecule has 9 heteroatoms. The zero-order valence-electron chi connectivity index (χ0n) is 27.2. The molecule has 0 aliphatic heterocycles. The van der Waals surface area contributed by atoms with E-state index in [1.807, 2.05) is 26.8 Å². The summed E-state index contributed by atoms with van der Waals surface area (Å²) in [6.45, 7) is 15.1. The Morgan fingerprint density at radius 3 is 2.16 bits per heavy atom. The lowest BCUT2D eigenvalue weighted by molar-refractivity contribution is -0.121. The second kappa shape index (κ2) is 25.1. The second-order valence-electron chi connectivity index (χ2n) is 9.78. The predicted octanol–water partition coefficient (Wildman–Crippen LogP) is 8.76. The van der Waals surface area contributed by atoms with Crippen molar-refractivity contribution in [1.82, 2.24) is 15.6 Å². The number of carbonyl (C=O) groups excluding carboxylic acids is 3. The van der Waals surface area contributed by atoms with Crippen LogP contribution in [-0.2, 0) is 20.9 Å². The Hall–Kier alpha value is -3.39. The fourth-order valence-electron chi connectivity index (χ4n) is 3.23. The molecule has 0 bridgehead atoms. The second-order valence-corrected chi connectivity index (χ2v) is 10.2. The Kier molecular flexibility index (Phi) is 24.4. The number of nitrogens with one attached hydrogen (secondary N) is 2. The maximum atomic E-state index is 12.9. The monoisotopic (exact) mass is 621 g/mol. The maximum absolute atomic E-state index is 12.9. The Labute approximate surface area is 262 Å². The number of rotatable bonds is 8. The van der Waals surface area contributed by atoms with Gasteiger partial charge in [-0.25, -0.2) is 8.78 Å². The van der Waals surface area contributed by atoms with E-state index < -0.39 is 5.82 Å². The van der Waals surface area contributed by atoms with Crippen LogP contribution in [0.4, 0.5) is 8.78 Å². The molecule has 2 N–H and O–H groups in total. The number of benzene rings is 2. The van der Waals surface area contributed by atoms with Gasteiger partial charge >= 0.3 is 0 Å². The molecule has 1 atom stereocenters. The minimum atomic E-state index is -0.468. The smallest absolute Gasteiger partial charge is 0.219 e. The van der Waals surface area contributed by atoms with Gasteiger partial charge in [-0.1, -0.05) is 70.7 Å². The van der Waals surface area contributed by atoms with Crippen molar-refractivity contribution in [1.29, 1.82) is 0 Å². The van der Waals surface area contributed by atoms with Gasteiger partial charge in [0, 0.05) is 44.2 Å². The summed E-state index contributed by atoms with van der Waals surface area (Å²) in [7, 11) is 1.69. The van der Waals surface area contributed by atoms with Gasteiger partial charge in [0.2, 0.25) is 11.8 Å². The summed E-state index contributed by atoms with van der Waals surface area (Å²) >= 11 is 5.65.